The van der Waals surface area contributed by atoms with Crippen LogP contribution in [-0.4, -0.2) is 44.0 Å². The molecule has 1 heterocycles. The maximum Gasteiger partial charge on any atom is 0.216 e. The molecule has 1 amide bonds. The molecule has 1 unspecified atom stereocenters. The van der Waals surface area contributed by atoms with Crippen molar-refractivity contribution >= 4 is 17.4 Å². The van der Waals surface area contributed by atoms with Crippen molar-refractivity contribution < 1.29 is 14.3 Å². The van der Waals surface area contributed by atoms with E-state index in [0.717, 1.165) is 18.0 Å². The van der Waals surface area contributed by atoms with Crippen LogP contribution in [0.25, 0.3) is 0 Å². The van der Waals surface area contributed by atoms with Crippen LogP contribution in [0.5, 0.6) is 5.75 Å². The largest absolute Gasteiger partial charge is 0.487 e. The second-order valence-corrected chi connectivity index (χ2v) is 5.10. The minimum atomic E-state index is -0.0712. The van der Waals surface area contributed by atoms with Crippen LogP contribution in [0.1, 0.15) is 24.2 Å². The molecule has 6 heteroatoms. The fourth-order valence-corrected chi connectivity index (χ4v) is 2.09. The molecule has 3 N–H and O–H groups in total. The van der Waals surface area contributed by atoms with E-state index >= 15 is 0 Å². The summed E-state index contributed by atoms with van der Waals surface area (Å²) in [4.78, 5) is 22.8. The summed E-state index contributed by atoms with van der Waals surface area (Å²) in [7, 11) is 0. The van der Waals surface area contributed by atoms with Crippen molar-refractivity contribution in [2.75, 3.05) is 31.5 Å². The predicted octanol–water partition coefficient (Wildman–Crippen LogP) is 0.788. The Morgan fingerprint density at radius 1 is 1.38 bits per heavy atom. The smallest absolute Gasteiger partial charge is 0.216 e. The number of hydrogen-bond donors (Lipinski definition) is 3. The van der Waals surface area contributed by atoms with Crippen LogP contribution in [0.3, 0.4) is 0 Å². The van der Waals surface area contributed by atoms with E-state index in [4.69, 9.17) is 4.74 Å². The lowest BCUT2D eigenvalue weighted by Crippen LogP contribution is -2.33. The van der Waals surface area contributed by atoms with Gasteiger partial charge in [-0.05, 0) is 25.1 Å². The van der Waals surface area contributed by atoms with Crippen LogP contribution in [-0.2, 0) is 4.79 Å². The van der Waals surface area contributed by atoms with Crippen LogP contribution in [0.4, 0.5) is 5.69 Å². The molecule has 6 nitrogen and oxygen atoms in total. The van der Waals surface area contributed by atoms with Gasteiger partial charge in [0.05, 0.1) is 18.8 Å². The highest BCUT2D eigenvalue weighted by atomic mass is 16.5. The Kier molecular flexibility index (Phi) is 5.16. The number of Topliss-reactive ketones (excluding diaryl/α,β-unsaturated/α-hetero) is 1. The monoisotopic (exact) mass is 291 g/mol. The maximum atomic E-state index is 12.1. The third-order valence-corrected chi connectivity index (χ3v) is 3.17. The van der Waals surface area contributed by atoms with Crippen LogP contribution >= 0.6 is 0 Å². The Hall–Kier alpha value is -2.08. The van der Waals surface area contributed by atoms with Gasteiger partial charge >= 0.3 is 0 Å². The zero-order valence-electron chi connectivity index (χ0n) is 12.4. The highest BCUT2D eigenvalue weighted by Gasteiger charge is 2.17. The summed E-state index contributed by atoms with van der Waals surface area (Å²) in [5, 5.41) is 8.93. The van der Waals surface area contributed by atoms with Gasteiger partial charge in [0.2, 0.25) is 5.91 Å². The van der Waals surface area contributed by atoms with Crippen molar-refractivity contribution in [1.82, 2.24) is 10.6 Å². The quantitative estimate of drug-likeness (QED) is 0.533. The van der Waals surface area contributed by atoms with Gasteiger partial charge in [-0.3, -0.25) is 9.59 Å². The Bertz CT molecular complexity index is 531. The summed E-state index contributed by atoms with van der Waals surface area (Å²) >= 11 is 0. The first kappa shape index (κ1) is 15.3. The number of ether oxygens (including phenoxy) is 1. The van der Waals surface area contributed by atoms with Gasteiger partial charge in [0, 0.05) is 25.6 Å². The third kappa shape index (κ3) is 4.46. The Balaban J connectivity index is 1.84. The first-order valence-corrected chi connectivity index (χ1v) is 7.09. The summed E-state index contributed by atoms with van der Waals surface area (Å²) < 4.78 is 5.67. The number of anilines is 1. The lowest BCUT2D eigenvalue weighted by molar-refractivity contribution is -0.118. The molecule has 0 spiro atoms. The number of carbonyl (C=O) groups excluding carboxylic acids is 2. The standard InChI is InChI=1S/C15H21N3O3/c1-10-8-18-13-7-12(3-4-15(13)21-10)14(20)9-16-5-6-17-11(2)19/h3-4,7,10,16,18H,5-6,8-9H2,1-2H3,(H,17,19). The van der Waals surface area contributed by atoms with E-state index in [9.17, 15) is 9.59 Å². The normalized spacial score (nSPS) is 16.4. The zero-order chi connectivity index (χ0) is 15.2. The SMILES string of the molecule is CC(=O)NCCNCC(=O)c1ccc2c(c1)NCC(C)O2. The minimum Gasteiger partial charge on any atom is -0.487 e. The van der Waals surface area contributed by atoms with E-state index in [1.165, 1.54) is 6.92 Å². The molecule has 0 saturated carbocycles. The minimum absolute atomic E-state index is 0.0149. The van der Waals surface area contributed by atoms with Crippen LogP contribution in [0.2, 0.25) is 0 Å². The first-order chi connectivity index (χ1) is 10.1. The van der Waals surface area contributed by atoms with Gasteiger partial charge in [-0.1, -0.05) is 0 Å². The summed E-state index contributed by atoms with van der Waals surface area (Å²) in [6, 6.07) is 5.41. The Morgan fingerprint density at radius 2 is 2.19 bits per heavy atom. The van der Waals surface area contributed by atoms with Crippen molar-refractivity contribution in [2.24, 2.45) is 0 Å². The number of carbonyl (C=O) groups is 2. The number of hydrogen-bond acceptors (Lipinski definition) is 5. The van der Waals surface area contributed by atoms with Gasteiger partial charge < -0.3 is 20.7 Å². The highest BCUT2D eigenvalue weighted by Crippen LogP contribution is 2.29. The molecule has 0 saturated heterocycles. The van der Waals surface area contributed by atoms with Gasteiger partial charge in [-0.2, -0.15) is 0 Å². The Morgan fingerprint density at radius 3 is 2.95 bits per heavy atom. The lowest BCUT2D eigenvalue weighted by Gasteiger charge is -2.25. The third-order valence-electron chi connectivity index (χ3n) is 3.17. The molecule has 114 valence electrons. The summed E-state index contributed by atoms with van der Waals surface area (Å²) in [5.41, 5.74) is 1.50. The van der Waals surface area contributed by atoms with Crippen molar-refractivity contribution in [3.8, 4) is 5.75 Å². The van der Waals surface area contributed by atoms with E-state index in [0.29, 0.717) is 18.7 Å². The second kappa shape index (κ2) is 7.08. The van der Waals surface area contributed by atoms with E-state index in [-0.39, 0.29) is 24.3 Å². The van der Waals surface area contributed by atoms with E-state index in [1.807, 2.05) is 19.1 Å². The van der Waals surface area contributed by atoms with Gasteiger partial charge in [-0.25, -0.2) is 0 Å². The second-order valence-electron chi connectivity index (χ2n) is 5.10. The van der Waals surface area contributed by atoms with E-state index < -0.39 is 0 Å². The topological polar surface area (TPSA) is 79.5 Å². The molecule has 0 radical (unpaired) electrons. The number of fused-ring (bicyclic) bond motifs is 1. The number of nitrogens with one attached hydrogen (secondary N) is 3. The lowest BCUT2D eigenvalue weighted by atomic mass is 10.1. The van der Waals surface area contributed by atoms with Crippen molar-refractivity contribution in [2.45, 2.75) is 20.0 Å². The molecule has 1 aromatic rings. The first-order valence-electron chi connectivity index (χ1n) is 7.09. The fraction of sp³-hybridized carbons (Fsp3) is 0.467. The Labute approximate surface area is 124 Å². The van der Waals surface area contributed by atoms with Crippen LogP contribution in [0.15, 0.2) is 18.2 Å². The molecule has 0 aliphatic carbocycles. The molecule has 1 aliphatic rings. The van der Waals surface area contributed by atoms with Crippen LogP contribution in [0, 0.1) is 0 Å². The molecule has 1 atom stereocenters. The molecule has 21 heavy (non-hydrogen) atoms. The molecule has 1 aromatic carbocycles. The molecule has 2 rings (SSSR count). The highest BCUT2D eigenvalue weighted by molar-refractivity contribution is 5.98. The molecular formula is C15H21N3O3. The average molecular weight is 291 g/mol. The molecule has 0 fully saturated rings. The zero-order valence-corrected chi connectivity index (χ0v) is 12.4. The molecule has 1 aliphatic heterocycles. The number of benzene rings is 1. The van der Waals surface area contributed by atoms with Gasteiger partial charge in [-0.15, -0.1) is 0 Å². The number of ketones is 1. The summed E-state index contributed by atoms with van der Waals surface area (Å²) in [5.74, 6) is 0.725. The average Bonchev–Trinajstić information content (AvgIpc) is 2.45. The number of rotatable bonds is 6. The molecular weight excluding hydrogens is 270 g/mol. The van der Waals surface area contributed by atoms with Crippen molar-refractivity contribution in [1.29, 1.82) is 0 Å². The van der Waals surface area contributed by atoms with E-state index in [1.54, 1.807) is 6.07 Å². The van der Waals surface area contributed by atoms with Gasteiger partial charge in [0.25, 0.3) is 0 Å². The number of amides is 1. The molecule has 0 aromatic heterocycles. The molecule has 0 bridgehead atoms. The van der Waals surface area contributed by atoms with Gasteiger partial charge in [0.15, 0.2) is 5.78 Å². The van der Waals surface area contributed by atoms with Crippen molar-refractivity contribution in [3.05, 3.63) is 23.8 Å². The van der Waals surface area contributed by atoms with E-state index in [2.05, 4.69) is 16.0 Å². The fourth-order valence-electron chi connectivity index (χ4n) is 2.09. The van der Waals surface area contributed by atoms with Gasteiger partial charge in [0.1, 0.15) is 11.9 Å². The van der Waals surface area contributed by atoms with Crippen molar-refractivity contribution in [3.63, 3.8) is 0 Å². The van der Waals surface area contributed by atoms with Crippen LogP contribution < -0.4 is 20.7 Å². The summed E-state index contributed by atoms with van der Waals surface area (Å²) in [6.45, 7) is 5.52. The maximum absolute atomic E-state index is 12.1. The summed E-state index contributed by atoms with van der Waals surface area (Å²) in [6.07, 6.45) is 0.134. The predicted molar refractivity (Wildman–Crippen MR) is 80.9 cm³/mol.